The molecule has 2 heteroatoms. The van der Waals surface area contributed by atoms with Crippen LogP contribution in [-0.4, -0.2) is 13.6 Å². The molecule has 2 N–H and O–H groups in total. The minimum atomic E-state index is 0.487. The largest absolute Gasteiger partial charge is 0.383 e. The van der Waals surface area contributed by atoms with Gasteiger partial charge in [-0.1, -0.05) is 19.1 Å². The average molecular weight is 176 g/mol. The Hall–Kier alpha value is -1.02. The first-order valence-corrected chi connectivity index (χ1v) is 4.89. The van der Waals surface area contributed by atoms with Crippen molar-refractivity contribution in [3.63, 3.8) is 0 Å². The first-order valence-electron chi connectivity index (χ1n) is 4.89. The van der Waals surface area contributed by atoms with Gasteiger partial charge >= 0.3 is 0 Å². The minimum absolute atomic E-state index is 0.487. The Morgan fingerprint density at radius 3 is 3.08 bits per heavy atom. The number of hydrogen-bond acceptors (Lipinski definition) is 2. The Bertz CT molecular complexity index is 307. The van der Waals surface area contributed by atoms with E-state index in [9.17, 15) is 0 Å². The Labute approximate surface area is 79.4 Å². The van der Waals surface area contributed by atoms with Crippen molar-refractivity contribution in [1.29, 1.82) is 0 Å². The highest BCUT2D eigenvalue weighted by molar-refractivity contribution is 5.58. The van der Waals surface area contributed by atoms with Crippen molar-refractivity contribution >= 4 is 5.69 Å². The van der Waals surface area contributed by atoms with Crippen LogP contribution in [0.25, 0.3) is 0 Å². The van der Waals surface area contributed by atoms with Gasteiger partial charge in [-0.25, -0.2) is 0 Å². The van der Waals surface area contributed by atoms with Gasteiger partial charge in [0.05, 0.1) is 6.04 Å². The van der Waals surface area contributed by atoms with Crippen molar-refractivity contribution in [1.82, 2.24) is 5.32 Å². The molecule has 2 rings (SSSR count). The van der Waals surface area contributed by atoms with Crippen LogP contribution >= 0.6 is 0 Å². The second-order valence-corrected chi connectivity index (χ2v) is 3.50. The second kappa shape index (κ2) is 3.38. The average Bonchev–Trinajstić information content (AvgIpc) is 2.59. The molecule has 0 aromatic heterocycles. The Morgan fingerprint density at radius 1 is 1.54 bits per heavy atom. The molecule has 0 saturated carbocycles. The maximum Gasteiger partial charge on any atom is 0.0513 e. The van der Waals surface area contributed by atoms with Gasteiger partial charge in [-0.05, 0) is 30.7 Å². The molecule has 1 aliphatic rings. The van der Waals surface area contributed by atoms with Crippen molar-refractivity contribution < 1.29 is 0 Å². The number of anilines is 1. The lowest BCUT2D eigenvalue weighted by Crippen LogP contribution is -2.17. The van der Waals surface area contributed by atoms with E-state index < -0.39 is 0 Å². The van der Waals surface area contributed by atoms with Crippen LogP contribution in [0, 0.1) is 0 Å². The van der Waals surface area contributed by atoms with E-state index in [0.29, 0.717) is 6.04 Å². The van der Waals surface area contributed by atoms with E-state index in [1.165, 1.54) is 16.8 Å². The lowest BCUT2D eigenvalue weighted by atomic mass is 10.0. The highest BCUT2D eigenvalue weighted by atomic mass is 15.0. The highest BCUT2D eigenvalue weighted by Crippen LogP contribution is 2.30. The normalized spacial score (nSPS) is 19.7. The topological polar surface area (TPSA) is 24.1 Å². The van der Waals surface area contributed by atoms with Crippen LogP contribution in [0.15, 0.2) is 18.2 Å². The van der Waals surface area contributed by atoms with Gasteiger partial charge in [-0.2, -0.15) is 0 Å². The summed E-state index contributed by atoms with van der Waals surface area (Å²) in [5, 5.41) is 6.70. The molecule has 1 heterocycles. The molecule has 1 aromatic rings. The molecule has 0 radical (unpaired) electrons. The minimum Gasteiger partial charge on any atom is -0.383 e. The van der Waals surface area contributed by atoms with E-state index in [-0.39, 0.29) is 0 Å². The van der Waals surface area contributed by atoms with E-state index in [2.05, 4.69) is 35.8 Å². The van der Waals surface area contributed by atoms with Gasteiger partial charge in [-0.3, -0.25) is 0 Å². The van der Waals surface area contributed by atoms with Crippen LogP contribution in [-0.2, 0) is 6.42 Å². The molecule has 0 amide bonds. The van der Waals surface area contributed by atoms with Crippen molar-refractivity contribution in [3.8, 4) is 0 Å². The molecule has 0 aliphatic carbocycles. The zero-order chi connectivity index (χ0) is 9.26. The van der Waals surface area contributed by atoms with E-state index in [1.807, 2.05) is 7.05 Å². The monoisotopic (exact) mass is 176 g/mol. The molecule has 0 spiro atoms. The number of hydrogen-bond donors (Lipinski definition) is 2. The molecule has 0 fully saturated rings. The van der Waals surface area contributed by atoms with Gasteiger partial charge in [-0.15, -0.1) is 0 Å². The Balaban J connectivity index is 2.37. The van der Waals surface area contributed by atoms with E-state index in [0.717, 1.165) is 13.0 Å². The van der Waals surface area contributed by atoms with E-state index in [1.54, 1.807) is 0 Å². The van der Waals surface area contributed by atoms with Gasteiger partial charge in [0.2, 0.25) is 0 Å². The number of aryl methyl sites for hydroxylation is 1. The number of rotatable bonds is 2. The molecule has 1 unspecified atom stereocenters. The second-order valence-electron chi connectivity index (χ2n) is 3.50. The molecule has 2 nitrogen and oxygen atoms in total. The summed E-state index contributed by atoms with van der Waals surface area (Å²) in [6, 6.07) is 7.17. The van der Waals surface area contributed by atoms with E-state index >= 15 is 0 Å². The standard InChI is InChI=1S/C11H16N2/c1-3-8-4-5-10-9(6-8)11(12-2)7-13-10/h4-6,11-13H,3,7H2,1-2H3. The lowest BCUT2D eigenvalue weighted by Gasteiger charge is -2.08. The van der Waals surface area contributed by atoms with Crippen LogP contribution < -0.4 is 10.6 Å². The predicted molar refractivity (Wildman–Crippen MR) is 56.1 cm³/mol. The fourth-order valence-corrected chi connectivity index (χ4v) is 1.86. The van der Waals surface area contributed by atoms with Crippen molar-refractivity contribution in [3.05, 3.63) is 29.3 Å². The molecule has 1 aliphatic heterocycles. The molecule has 70 valence electrons. The maximum absolute atomic E-state index is 3.39. The van der Waals surface area contributed by atoms with Crippen LogP contribution in [0.1, 0.15) is 24.1 Å². The van der Waals surface area contributed by atoms with Gasteiger partial charge < -0.3 is 10.6 Å². The first kappa shape index (κ1) is 8.57. The third-order valence-electron chi connectivity index (χ3n) is 2.74. The number of likely N-dealkylation sites (N-methyl/N-ethyl adjacent to an activating group) is 1. The van der Waals surface area contributed by atoms with Gasteiger partial charge in [0, 0.05) is 12.2 Å². The number of benzene rings is 1. The summed E-state index contributed by atoms with van der Waals surface area (Å²) >= 11 is 0. The highest BCUT2D eigenvalue weighted by Gasteiger charge is 2.19. The zero-order valence-corrected chi connectivity index (χ0v) is 8.22. The smallest absolute Gasteiger partial charge is 0.0513 e. The van der Waals surface area contributed by atoms with Crippen LogP contribution in [0.5, 0.6) is 0 Å². The molecular weight excluding hydrogens is 160 g/mol. The summed E-state index contributed by atoms with van der Waals surface area (Å²) in [5.74, 6) is 0. The summed E-state index contributed by atoms with van der Waals surface area (Å²) in [7, 11) is 2.01. The van der Waals surface area contributed by atoms with Crippen molar-refractivity contribution in [2.75, 3.05) is 18.9 Å². The molecule has 1 atom stereocenters. The van der Waals surface area contributed by atoms with Gasteiger partial charge in [0.1, 0.15) is 0 Å². The fraction of sp³-hybridized carbons (Fsp3) is 0.455. The zero-order valence-electron chi connectivity index (χ0n) is 8.22. The third-order valence-corrected chi connectivity index (χ3v) is 2.74. The number of nitrogens with one attached hydrogen (secondary N) is 2. The molecule has 0 saturated heterocycles. The van der Waals surface area contributed by atoms with Gasteiger partial charge in [0.15, 0.2) is 0 Å². The van der Waals surface area contributed by atoms with Crippen LogP contribution in [0.4, 0.5) is 5.69 Å². The maximum atomic E-state index is 3.39. The third kappa shape index (κ3) is 1.42. The Kier molecular flexibility index (Phi) is 2.23. The summed E-state index contributed by atoms with van der Waals surface area (Å²) in [5.41, 5.74) is 4.13. The van der Waals surface area contributed by atoms with Crippen molar-refractivity contribution in [2.24, 2.45) is 0 Å². The predicted octanol–water partition coefficient (Wildman–Crippen LogP) is 1.93. The molecule has 0 bridgehead atoms. The fourth-order valence-electron chi connectivity index (χ4n) is 1.86. The van der Waals surface area contributed by atoms with Crippen LogP contribution in [0.3, 0.4) is 0 Å². The molecular formula is C11H16N2. The summed E-state index contributed by atoms with van der Waals surface area (Å²) in [4.78, 5) is 0. The van der Waals surface area contributed by atoms with Gasteiger partial charge in [0.25, 0.3) is 0 Å². The number of fused-ring (bicyclic) bond motifs is 1. The summed E-state index contributed by atoms with van der Waals surface area (Å²) in [6.45, 7) is 3.21. The Morgan fingerprint density at radius 2 is 2.38 bits per heavy atom. The summed E-state index contributed by atoms with van der Waals surface area (Å²) < 4.78 is 0. The quantitative estimate of drug-likeness (QED) is 0.719. The lowest BCUT2D eigenvalue weighted by molar-refractivity contribution is 0.647. The van der Waals surface area contributed by atoms with Crippen LogP contribution in [0.2, 0.25) is 0 Å². The van der Waals surface area contributed by atoms with E-state index in [4.69, 9.17) is 0 Å². The SMILES string of the molecule is CCc1ccc2c(c1)C(NC)CN2. The molecule has 1 aromatic carbocycles. The summed E-state index contributed by atoms with van der Waals surface area (Å²) in [6.07, 6.45) is 1.11. The first-order chi connectivity index (χ1) is 6.35. The molecule has 13 heavy (non-hydrogen) atoms. The van der Waals surface area contributed by atoms with Crippen molar-refractivity contribution in [2.45, 2.75) is 19.4 Å².